The third-order valence-electron chi connectivity index (χ3n) is 3.25. The highest BCUT2D eigenvalue weighted by atomic mass is 79.9. The van der Waals surface area contributed by atoms with Crippen molar-refractivity contribution < 1.29 is 8.42 Å². The number of nitrogen functional groups attached to an aromatic ring is 1. The molecule has 0 spiro atoms. The van der Waals surface area contributed by atoms with Gasteiger partial charge in [0.15, 0.2) is 9.84 Å². The molecule has 0 heterocycles. The zero-order valence-corrected chi connectivity index (χ0v) is 13.8. The van der Waals surface area contributed by atoms with Gasteiger partial charge in [0, 0.05) is 10.2 Å². The van der Waals surface area contributed by atoms with Gasteiger partial charge in [-0.1, -0.05) is 12.1 Å². The van der Waals surface area contributed by atoms with Crippen LogP contribution in [0.3, 0.4) is 0 Å². The van der Waals surface area contributed by atoms with Crippen molar-refractivity contribution in [1.29, 1.82) is 0 Å². The molecule has 0 radical (unpaired) electrons. The van der Waals surface area contributed by atoms with Crippen LogP contribution in [0.15, 0.2) is 45.8 Å². The summed E-state index contributed by atoms with van der Waals surface area (Å²) in [5.41, 5.74) is 9.06. The van der Waals surface area contributed by atoms with Gasteiger partial charge in [0.05, 0.1) is 10.6 Å². The van der Waals surface area contributed by atoms with Crippen LogP contribution in [0.2, 0.25) is 0 Å². The van der Waals surface area contributed by atoms with Gasteiger partial charge in [-0.15, -0.1) is 0 Å². The van der Waals surface area contributed by atoms with Gasteiger partial charge in [-0.05, 0) is 70.7 Å². The van der Waals surface area contributed by atoms with E-state index >= 15 is 0 Å². The second-order valence-corrected chi connectivity index (χ2v) is 7.70. The molecule has 5 heteroatoms. The maximum absolute atomic E-state index is 12.4. The zero-order valence-electron chi connectivity index (χ0n) is 11.4. The molecular weight excluding hydrogens is 338 g/mol. The molecule has 3 nitrogen and oxygen atoms in total. The summed E-state index contributed by atoms with van der Waals surface area (Å²) in [5, 5.41) is 0. The first-order valence-electron chi connectivity index (χ1n) is 6.13. The average Bonchev–Trinajstić information content (AvgIpc) is 2.37. The summed E-state index contributed by atoms with van der Waals surface area (Å²) in [7, 11) is -3.35. The summed E-state index contributed by atoms with van der Waals surface area (Å²) < 4.78 is 25.6. The van der Waals surface area contributed by atoms with Gasteiger partial charge < -0.3 is 5.73 Å². The zero-order chi connectivity index (χ0) is 14.9. The third kappa shape index (κ3) is 3.22. The topological polar surface area (TPSA) is 60.2 Å². The maximum Gasteiger partial charge on any atom is 0.182 e. The van der Waals surface area contributed by atoms with E-state index in [2.05, 4.69) is 15.9 Å². The number of halogens is 1. The Morgan fingerprint density at radius 3 is 2.35 bits per heavy atom. The molecule has 0 unspecified atom stereocenters. The van der Waals surface area contributed by atoms with Crippen LogP contribution >= 0.6 is 15.9 Å². The van der Waals surface area contributed by atoms with Gasteiger partial charge in [-0.3, -0.25) is 0 Å². The summed E-state index contributed by atoms with van der Waals surface area (Å²) in [6.45, 7) is 3.87. The lowest BCUT2D eigenvalue weighted by atomic mass is 10.1. The van der Waals surface area contributed by atoms with Crippen molar-refractivity contribution >= 4 is 31.5 Å². The van der Waals surface area contributed by atoms with Gasteiger partial charge >= 0.3 is 0 Å². The molecule has 2 rings (SSSR count). The standard InChI is InChI=1S/C15H16BrNO2S/c1-10-3-5-13(7-11(10)2)20(18,19)9-12-4-6-14(16)15(17)8-12/h3-8H,9,17H2,1-2H3. The minimum absolute atomic E-state index is 0.0486. The Balaban J connectivity index is 2.35. The van der Waals surface area contributed by atoms with Crippen molar-refractivity contribution in [3.8, 4) is 0 Å². The number of aryl methyl sites for hydroxylation is 2. The van der Waals surface area contributed by atoms with E-state index in [-0.39, 0.29) is 5.75 Å². The van der Waals surface area contributed by atoms with Crippen molar-refractivity contribution in [2.75, 3.05) is 5.73 Å². The minimum Gasteiger partial charge on any atom is -0.398 e. The fraction of sp³-hybridized carbons (Fsp3) is 0.200. The molecule has 0 bridgehead atoms. The lowest BCUT2D eigenvalue weighted by Crippen LogP contribution is -2.06. The predicted octanol–water partition coefficient (Wildman–Crippen LogP) is 3.62. The Kier molecular flexibility index (Phi) is 4.20. The Bertz CT molecular complexity index is 754. The van der Waals surface area contributed by atoms with Crippen LogP contribution in [0, 0.1) is 13.8 Å². The lowest BCUT2D eigenvalue weighted by Gasteiger charge is -2.08. The maximum atomic E-state index is 12.4. The van der Waals surface area contributed by atoms with Crippen LogP contribution in [-0.2, 0) is 15.6 Å². The number of sulfone groups is 1. The number of hydrogen-bond donors (Lipinski definition) is 1. The van der Waals surface area contributed by atoms with Crippen LogP contribution in [0.4, 0.5) is 5.69 Å². The molecule has 2 aromatic rings. The highest BCUT2D eigenvalue weighted by molar-refractivity contribution is 9.10. The van der Waals surface area contributed by atoms with Crippen LogP contribution in [0.5, 0.6) is 0 Å². The molecule has 0 aliphatic rings. The summed E-state index contributed by atoms with van der Waals surface area (Å²) in [5.74, 6) is -0.0486. The third-order valence-corrected chi connectivity index (χ3v) is 5.66. The largest absolute Gasteiger partial charge is 0.398 e. The van der Waals surface area contributed by atoms with Crippen molar-refractivity contribution in [2.24, 2.45) is 0 Å². The molecule has 0 aliphatic heterocycles. The van der Waals surface area contributed by atoms with Crippen molar-refractivity contribution in [3.63, 3.8) is 0 Å². The van der Waals surface area contributed by atoms with Gasteiger partial charge in [0.25, 0.3) is 0 Å². The van der Waals surface area contributed by atoms with Crippen LogP contribution < -0.4 is 5.73 Å². The summed E-state index contributed by atoms with van der Waals surface area (Å²) in [4.78, 5) is 0.349. The first-order valence-corrected chi connectivity index (χ1v) is 8.58. The number of nitrogens with two attached hydrogens (primary N) is 1. The quantitative estimate of drug-likeness (QED) is 0.857. The van der Waals surface area contributed by atoms with E-state index in [0.717, 1.165) is 15.6 Å². The van der Waals surface area contributed by atoms with E-state index in [9.17, 15) is 8.42 Å². The summed E-state index contributed by atoms with van der Waals surface area (Å²) in [6, 6.07) is 10.4. The summed E-state index contributed by atoms with van der Waals surface area (Å²) in [6.07, 6.45) is 0. The molecule has 0 atom stereocenters. The van der Waals surface area contributed by atoms with Crippen molar-refractivity contribution in [2.45, 2.75) is 24.5 Å². The molecule has 2 N–H and O–H groups in total. The van der Waals surface area contributed by atoms with E-state index in [4.69, 9.17) is 5.73 Å². The van der Waals surface area contributed by atoms with Crippen LogP contribution in [0.1, 0.15) is 16.7 Å². The first kappa shape index (κ1) is 15.1. The van der Waals surface area contributed by atoms with Gasteiger partial charge in [0.2, 0.25) is 0 Å². The number of anilines is 1. The first-order chi connectivity index (χ1) is 9.29. The molecule has 2 aromatic carbocycles. The van der Waals surface area contributed by atoms with Gasteiger partial charge in [0.1, 0.15) is 0 Å². The molecule has 106 valence electrons. The fourth-order valence-electron chi connectivity index (χ4n) is 1.89. The highest BCUT2D eigenvalue weighted by Gasteiger charge is 2.16. The number of hydrogen-bond acceptors (Lipinski definition) is 3. The molecule has 0 aromatic heterocycles. The Morgan fingerprint density at radius 2 is 1.75 bits per heavy atom. The van der Waals surface area contributed by atoms with E-state index in [1.54, 1.807) is 30.3 Å². The van der Waals surface area contributed by atoms with Gasteiger partial charge in [-0.25, -0.2) is 8.42 Å². The number of benzene rings is 2. The van der Waals surface area contributed by atoms with Crippen LogP contribution in [-0.4, -0.2) is 8.42 Å². The monoisotopic (exact) mass is 353 g/mol. The Labute approximate surface area is 127 Å². The van der Waals surface area contributed by atoms with E-state index in [0.29, 0.717) is 16.1 Å². The lowest BCUT2D eigenvalue weighted by molar-refractivity contribution is 0.595. The molecule has 20 heavy (non-hydrogen) atoms. The smallest absolute Gasteiger partial charge is 0.182 e. The van der Waals surface area contributed by atoms with Crippen molar-refractivity contribution in [1.82, 2.24) is 0 Å². The molecular formula is C15H16BrNO2S. The predicted molar refractivity (Wildman–Crippen MR) is 85.4 cm³/mol. The molecule has 0 fully saturated rings. The van der Waals surface area contributed by atoms with E-state index in [1.165, 1.54) is 0 Å². The average molecular weight is 354 g/mol. The molecule has 0 saturated heterocycles. The van der Waals surface area contributed by atoms with Gasteiger partial charge in [-0.2, -0.15) is 0 Å². The molecule has 0 saturated carbocycles. The normalized spacial score (nSPS) is 11.6. The molecule has 0 amide bonds. The number of rotatable bonds is 3. The highest BCUT2D eigenvalue weighted by Crippen LogP contribution is 2.24. The fourth-order valence-corrected chi connectivity index (χ4v) is 3.56. The second kappa shape index (κ2) is 5.58. The van der Waals surface area contributed by atoms with Crippen molar-refractivity contribution in [3.05, 3.63) is 57.6 Å². The molecule has 0 aliphatic carbocycles. The van der Waals surface area contributed by atoms with E-state index < -0.39 is 9.84 Å². The summed E-state index contributed by atoms with van der Waals surface area (Å²) >= 11 is 3.30. The Hall–Kier alpha value is -1.33. The SMILES string of the molecule is Cc1ccc(S(=O)(=O)Cc2ccc(Br)c(N)c2)cc1C. The second-order valence-electron chi connectivity index (χ2n) is 4.86. The Morgan fingerprint density at radius 1 is 1.05 bits per heavy atom. The van der Waals surface area contributed by atoms with E-state index in [1.807, 2.05) is 19.9 Å². The van der Waals surface area contributed by atoms with Crippen LogP contribution in [0.25, 0.3) is 0 Å². The minimum atomic E-state index is -3.35.